The van der Waals surface area contributed by atoms with Crippen LogP contribution in [0.3, 0.4) is 0 Å². The molecule has 3 heterocycles. The number of benzene rings is 2. The molecule has 1 fully saturated rings. The first-order valence-corrected chi connectivity index (χ1v) is 10.4. The molecule has 1 saturated heterocycles. The predicted octanol–water partition coefficient (Wildman–Crippen LogP) is 2.83. The predicted molar refractivity (Wildman–Crippen MR) is 116 cm³/mol. The van der Waals surface area contributed by atoms with Gasteiger partial charge in [-0.05, 0) is 54.8 Å². The van der Waals surface area contributed by atoms with E-state index in [0.717, 1.165) is 39.2 Å². The summed E-state index contributed by atoms with van der Waals surface area (Å²) >= 11 is 0. The molecule has 31 heavy (non-hydrogen) atoms. The van der Waals surface area contributed by atoms with E-state index in [1.54, 1.807) is 24.0 Å². The Morgan fingerprint density at radius 2 is 1.74 bits per heavy atom. The minimum atomic E-state index is -1.05. The van der Waals surface area contributed by atoms with Crippen LogP contribution < -0.4 is 9.47 Å². The molecule has 0 bridgehead atoms. The van der Waals surface area contributed by atoms with Gasteiger partial charge in [0.25, 0.3) is 5.91 Å². The number of piperazine rings is 1. The highest BCUT2D eigenvalue weighted by Gasteiger charge is 2.54. The second-order valence-electron chi connectivity index (χ2n) is 8.27. The number of rotatable bonds is 4. The van der Waals surface area contributed by atoms with Gasteiger partial charge in [0.15, 0.2) is 5.54 Å². The van der Waals surface area contributed by atoms with Crippen LogP contribution in [0, 0.1) is 0 Å². The first-order chi connectivity index (χ1) is 15.0. The Morgan fingerprint density at radius 1 is 1.03 bits per heavy atom. The van der Waals surface area contributed by atoms with Crippen molar-refractivity contribution in [2.24, 2.45) is 0 Å². The van der Waals surface area contributed by atoms with E-state index in [1.807, 2.05) is 49.4 Å². The molecule has 7 nitrogen and oxygen atoms in total. The molecule has 1 N–H and O–H groups in total. The van der Waals surface area contributed by atoms with Gasteiger partial charge in [-0.25, -0.2) is 0 Å². The topological polar surface area (TPSA) is 74.9 Å². The molecule has 0 radical (unpaired) electrons. The molecular weight excluding hydrogens is 394 g/mol. The van der Waals surface area contributed by atoms with Gasteiger partial charge in [-0.1, -0.05) is 12.1 Å². The van der Waals surface area contributed by atoms with Crippen molar-refractivity contribution in [2.45, 2.75) is 25.4 Å². The van der Waals surface area contributed by atoms with E-state index >= 15 is 0 Å². The Labute approximate surface area is 180 Å². The summed E-state index contributed by atoms with van der Waals surface area (Å²) in [6.45, 7) is 2.85. The van der Waals surface area contributed by atoms with Crippen LogP contribution in [0.2, 0.25) is 0 Å². The summed E-state index contributed by atoms with van der Waals surface area (Å²) < 4.78 is 10.6. The van der Waals surface area contributed by atoms with Gasteiger partial charge in [-0.2, -0.15) is 0 Å². The maximum absolute atomic E-state index is 13.8. The van der Waals surface area contributed by atoms with Crippen molar-refractivity contribution in [1.29, 1.82) is 0 Å². The molecule has 2 aliphatic rings. The molecule has 1 atom stereocenters. The number of nitrogens with zero attached hydrogens (tertiary/aromatic N) is 2. The third-order valence-electron chi connectivity index (χ3n) is 6.59. The molecule has 7 heteroatoms. The van der Waals surface area contributed by atoms with Gasteiger partial charge < -0.3 is 24.3 Å². The van der Waals surface area contributed by atoms with Gasteiger partial charge in [0.1, 0.15) is 18.0 Å². The van der Waals surface area contributed by atoms with Crippen molar-refractivity contribution in [2.75, 3.05) is 27.3 Å². The zero-order chi connectivity index (χ0) is 21.8. The quantitative estimate of drug-likeness (QED) is 0.706. The molecule has 0 unspecified atom stereocenters. The zero-order valence-electron chi connectivity index (χ0n) is 17.9. The van der Waals surface area contributed by atoms with Crippen LogP contribution in [0.25, 0.3) is 10.9 Å². The Balaban J connectivity index is 1.55. The van der Waals surface area contributed by atoms with Crippen LogP contribution in [-0.4, -0.2) is 53.9 Å². The number of nitrogens with one attached hydrogen (secondary N) is 1. The second kappa shape index (κ2) is 7.04. The van der Waals surface area contributed by atoms with Gasteiger partial charge >= 0.3 is 0 Å². The first kappa shape index (κ1) is 19.5. The van der Waals surface area contributed by atoms with Gasteiger partial charge in [0.05, 0.1) is 19.9 Å². The fourth-order valence-electron chi connectivity index (χ4n) is 4.91. The highest BCUT2D eigenvalue weighted by molar-refractivity contribution is 6.00. The summed E-state index contributed by atoms with van der Waals surface area (Å²) in [7, 11) is 3.26. The van der Waals surface area contributed by atoms with Crippen LogP contribution in [0.4, 0.5) is 0 Å². The number of hydrogen-bond donors (Lipinski definition) is 1. The zero-order valence-corrected chi connectivity index (χ0v) is 17.9. The van der Waals surface area contributed by atoms with Crippen LogP contribution in [0.5, 0.6) is 11.5 Å². The van der Waals surface area contributed by atoms with Crippen molar-refractivity contribution < 1.29 is 19.1 Å². The highest BCUT2D eigenvalue weighted by atomic mass is 16.5. The van der Waals surface area contributed by atoms with E-state index < -0.39 is 5.54 Å². The largest absolute Gasteiger partial charge is 0.497 e. The van der Waals surface area contributed by atoms with Gasteiger partial charge in [-0.15, -0.1) is 0 Å². The monoisotopic (exact) mass is 419 g/mol. The molecule has 2 aromatic carbocycles. The standard InChI is InChI=1S/C24H25N3O4/c1-24-22-18(19-12-17(31-3)8-9-20(19)25-22)10-11-27(24)21(28)14-26(23(24)29)13-15-4-6-16(30-2)7-5-15/h4-9,12,25H,10-11,13-14H2,1-3H3/t24-/m0/s1. The number of fused-ring (bicyclic) bond motifs is 5. The lowest BCUT2D eigenvalue weighted by Crippen LogP contribution is -2.66. The van der Waals surface area contributed by atoms with Crippen molar-refractivity contribution in [3.05, 3.63) is 59.3 Å². The summed E-state index contributed by atoms with van der Waals surface area (Å²) in [5, 5.41) is 1.04. The highest BCUT2D eigenvalue weighted by Crippen LogP contribution is 2.42. The van der Waals surface area contributed by atoms with Gasteiger partial charge in [-0.3, -0.25) is 9.59 Å². The van der Waals surface area contributed by atoms with E-state index in [2.05, 4.69) is 4.98 Å². The maximum atomic E-state index is 13.8. The summed E-state index contributed by atoms with van der Waals surface area (Å²) in [6.07, 6.45) is 0.704. The lowest BCUT2D eigenvalue weighted by atomic mass is 9.83. The average Bonchev–Trinajstić information content (AvgIpc) is 3.17. The van der Waals surface area contributed by atoms with Crippen LogP contribution in [-0.2, 0) is 28.1 Å². The summed E-state index contributed by atoms with van der Waals surface area (Å²) in [5.74, 6) is 1.43. The molecular formula is C24H25N3O4. The number of carbonyl (C=O) groups excluding carboxylic acids is 2. The molecule has 0 aliphatic carbocycles. The van der Waals surface area contributed by atoms with E-state index in [-0.39, 0.29) is 18.4 Å². The molecule has 0 saturated carbocycles. The Kier molecular flexibility index (Phi) is 4.43. The van der Waals surface area contributed by atoms with Gasteiger partial charge in [0.2, 0.25) is 5.91 Å². The van der Waals surface area contributed by atoms with Crippen LogP contribution in [0.15, 0.2) is 42.5 Å². The number of carbonyl (C=O) groups is 2. The summed E-state index contributed by atoms with van der Waals surface area (Å²) in [5.41, 5.74) is 2.74. The number of H-pyrrole nitrogens is 1. The molecule has 0 spiro atoms. The Morgan fingerprint density at radius 3 is 2.45 bits per heavy atom. The lowest BCUT2D eigenvalue weighted by Gasteiger charge is -2.49. The van der Waals surface area contributed by atoms with E-state index in [4.69, 9.17) is 9.47 Å². The van der Waals surface area contributed by atoms with Crippen LogP contribution in [0.1, 0.15) is 23.7 Å². The third-order valence-corrected chi connectivity index (χ3v) is 6.59. The molecule has 5 rings (SSSR count). The fraction of sp³-hybridized carbons (Fsp3) is 0.333. The van der Waals surface area contributed by atoms with Gasteiger partial charge in [0, 0.05) is 24.0 Å². The van der Waals surface area contributed by atoms with E-state index in [1.165, 1.54) is 0 Å². The SMILES string of the molecule is COc1ccc(CN2CC(=O)N3CCc4c([nH]c5ccc(OC)cc45)[C@@]3(C)C2=O)cc1. The number of ether oxygens (including phenoxy) is 2. The fourth-order valence-corrected chi connectivity index (χ4v) is 4.91. The molecule has 2 amide bonds. The second-order valence-corrected chi connectivity index (χ2v) is 8.27. The van der Waals surface area contributed by atoms with E-state index in [9.17, 15) is 9.59 Å². The van der Waals surface area contributed by atoms with Crippen molar-refractivity contribution in [3.8, 4) is 11.5 Å². The molecule has 3 aromatic rings. The minimum absolute atomic E-state index is 0.0301. The number of aromatic nitrogens is 1. The summed E-state index contributed by atoms with van der Waals surface area (Å²) in [6, 6.07) is 13.4. The van der Waals surface area contributed by atoms with Crippen molar-refractivity contribution >= 4 is 22.7 Å². The number of hydrogen-bond acceptors (Lipinski definition) is 4. The average molecular weight is 419 g/mol. The van der Waals surface area contributed by atoms with Crippen molar-refractivity contribution in [1.82, 2.24) is 14.8 Å². The molecule has 160 valence electrons. The third kappa shape index (κ3) is 2.87. The molecule has 2 aliphatic heterocycles. The lowest BCUT2D eigenvalue weighted by molar-refractivity contribution is -0.166. The maximum Gasteiger partial charge on any atom is 0.255 e. The Hall–Kier alpha value is -3.48. The number of aromatic amines is 1. The number of amides is 2. The van der Waals surface area contributed by atoms with Crippen LogP contribution >= 0.6 is 0 Å². The Bertz CT molecular complexity index is 1180. The molecule has 1 aromatic heterocycles. The smallest absolute Gasteiger partial charge is 0.255 e. The minimum Gasteiger partial charge on any atom is -0.497 e. The first-order valence-electron chi connectivity index (χ1n) is 10.4. The number of methoxy groups -OCH3 is 2. The van der Waals surface area contributed by atoms with Crippen molar-refractivity contribution in [3.63, 3.8) is 0 Å². The summed E-state index contributed by atoms with van der Waals surface area (Å²) in [4.78, 5) is 33.7. The van der Waals surface area contributed by atoms with E-state index in [0.29, 0.717) is 19.5 Å². The normalized spacial score (nSPS) is 20.6.